The molecule has 0 radical (unpaired) electrons. The van der Waals surface area contributed by atoms with Crippen molar-refractivity contribution in [1.29, 1.82) is 0 Å². The van der Waals surface area contributed by atoms with Crippen molar-refractivity contribution in [2.75, 3.05) is 7.05 Å². The van der Waals surface area contributed by atoms with Gasteiger partial charge >= 0.3 is 5.97 Å². The van der Waals surface area contributed by atoms with Gasteiger partial charge in [-0.25, -0.2) is 18.2 Å². The lowest BCUT2D eigenvalue weighted by molar-refractivity contribution is 0.0686. The molecule has 2 rings (SSSR count). The largest absolute Gasteiger partial charge is 0.477 e. The Hall–Kier alpha value is -1.71. The number of carboxylic acids is 1. The third-order valence-corrected chi connectivity index (χ3v) is 5.62. The predicted octanol–water partition coefficient (Wildman–Crippen LogP) is 1.31. The molecule has 2 aromatic rings. The Morgan fingerprint density at radius 1 is 1.52 bits per heavy atom. The molecule has 7 nitrogen and oxygen atoms in total. The molecule has 0 spiro atoms. The molecule has 0 saturated heterocycles. The zero-order valence-electron chi connectivity index (χ0n) is 11.8. The second-order valence-electron chi connectivity index (χ2n) is 4.58. The second kappa shape index (κ2) is 5.58. The van der Waals surface area contributed by atoms with Crippen LogP contribution in [-0.4, -0.2) is 40.4 Å². The number of nitrogens with zero attached hydrogens (tertiary/aromatic N) is 3. The highest BCUT2D eigenvalue weighted by Crippen LogP contribution is 2.21. The van der Waals surface area contributed by atoms with Crippen LogP contribution in [-0.2, 0) is 23.6 Å². The number of thiazole rings is 1. The molecule has 9 heteroatoms. The van der Waals surface area contributed by atoms with Gasteiger partial charge in [-0.1, -0.05) is 0 Å². The summed E-state index contributed by atoms with van der Waals surface area (Å²) in [6.07, 6.45) is 2.94. The molecule has 0 amide bonds. The first-order valence-corrected chi connectivity index (χ1v) is 8.25. The van der Waals surface area contributed by atoms with Crippen molar-refractivity contribution in [2.45, 2.75) is 18.4 Å². The van der Waals surface area contributed by atoms with Gasteiger partial charge < -0.3 is 9.67 Å². The number of aryl methyl sites for hydroxylation is 2. The van der Waals surface area contributed by atoms with E-state index >= 15 is 0 Å². The molecule has 0 aliphatic heterocycles. The molecule has 0 aliphatic carbocycles. The van der Waals surface area contributed by atoms with Crippen molar-refractivity contribution in [2.24, 2.45) is 7.05 Å². The van der Waals surface area contributed by atoms with Crippen LogP contribution in [0.2, 0.25) is 0 Å². The van der Waals surface area contributed by atoms with Crippen molar-refractivity contribution in [1.82, 2.24) is 13.9 Å². The van der Waals surface area contributed by atoms with E-state index in [9.17, 15) is 13.2 Å². The molecule has 0 aliphatic rings. The molecule has 0 fully saturated rings. The van der Waals surface area contributed by atoms with Gasteiger partial charge in [0.2, 0.25) is 10.0 Å². The summed E-state index contributed by atoms with van der Waals surface area (Å²) in [6.45, 7) is 2.05. The highest BCUT2D eigenvalue weighted by Gasteiger charge is 2.25. The highest BCUT2D eigenvalue weighted by molar-refractivity contribution is 7.89. The van der Waals surface area contributed by atoms with Crippen LogP contribution in [0.1, 0.15) is 20.4 Å². The number of aromatic carboxylic acids is 1. The number of carboxylic acid groups (broad SMARTS) is 1. The van der Waals surface area contributed by atoms with Gasteiger partial charge in [-0.05, 0) is 13.0 Å². The van der Waals surface area contributed by atoms with Gasteiger partial charge in [-0.2, -0.15) is 4.31 Å². The molecule has 0 aromatic carbocycles. The molecule has 0 unspecified atom stereocenters. The van der Waals surface area contributed by atoms with Crippen LogP contribution in [0.3, 0.4) is 0 Å². The van der Waals surface area contributed by atoms with E-state index in [1.165, 1.54) is 40.5 Å². The molecule has 2 heterocycles. The highest BCUT2D eigenvalue weighted by atomic mass is 32.2. The van der Waals surface area contributed by atoms with Gasteiger partial charge in [-0.15, -0.1) is 11.3 Å². The van der Waals surface area contributed by atoms with Crippen LogP contribution in [0.5, 0.6) is 0 Å². The smallest absolute Gasteiger partial charge is 0.352 e. The van der Waals surface area contributed by atoms with Crippen LogP contribution in [0, 0.1) is 6.92 Å². The SMILES string of the molecule is Cc1ncc(CN(C)S(=O)(=O)c2cc(C(=O)O)n(C)c2)s1. The maximum atomic E-state index is 12.4. The van der Waals surface area contributed by atoms with Crippen molar-refractivity contribution in [3.05, 3.63) is 34.0 Å². The Balaban J connectivity index is 2.28. The minimum absolute atomic E-state index is 0.0360. The normalized spacial score (nSPS) is 12.0. The number of hydrogen-bond donors (Lipinski definition) is 1. The van der Waals surface area contributed by atoms with Gasteiger partial charge in [0, 0.05) is 37.9 Å². The molecule has 0 saturated carbocycles. The standard InChI is InChI=1S/C12H15N3O4S2/c1-8-13-5-9(20-8)6-15(3)21(18,19)10-4-11(12(16)17)14(2)7-10/h4-5,7H,6H2,1-3H3,(H,16,17). The van der Waals surface area contributed by atoms with Gasteiger partial charge in [0.25, 0.3) is 0 Å². The number of carbonyl (C=O) groups is 1. The molecule has 0 bridgehead atoms. The third kappa shape index (κ3) is 3.14. The van der Waals surface area contributed by atoms with Gasteiger partial charge in [0.1, 0.15) is 10.6 Å². The first-order valence-electron chi connectivity index (χ1n) is 5.99. The van der Waals surface area contributed by atoms with Crippen molar-refractivity contribution < 1.29 is 18.3 Å². The maximum Gasteiger partial charge on any atom is 0.352 e. The van der Waals surface area contributed by atoms with Crippen LogP contribution < -0.4 is 0 Å². The number of hydrogen-bond acceptors (Lipinski definition) is 5. The number of sulfonamides is 1. The average Bonchev–Trinajstić information content (AvgIpc) is 2.95. The first kappa shape index (κ1) is 15.7. The van der Waals surface area contributed by atoms with Crippen molar-refractivity contribution in [3.63, 3.8) is 0 Å². The van der Waals surface area contributed by atoms with E-state index in [0.717, 1.165) is 16.0 Å². The van der Waals surface area contributed by atoms with Crippen LogP contribution >= 0.6 is 11.3 Å². The minimum Gasteiger partial charge on any atom is -0.477 e. The zero-order valence-corrected chi connectivity index (χ0v) is 13.4. The van der Waals surface area contributed by atoms with Gasteiger partial charge in [-0.3, -0.25) is 0 Å². The van der Waals surface area contributed by atoms with Crippen LogP contribution in [0.25, 0.3) is 0 Å². The molecule has 0 atom stereocenters. The first-order chi connectivity index (χ1) is 9.71. The molecular formula is C12H15N3O4S2. The maximum absolute atomic E-state index is 12.4. The molecule has 114 valence electrons. The fraction of sp³-hybridized carbons (Fsp3) is 0.333. The van der Waals surface area contributed by atoms with E-state index < -0.39 is 16.0 Å². The summed E-state index contributed by atoms with van der Waals surface area (Å²) in [5.41, 5.74) is -0.0735. The fourth-order valence-electron chi connectivity index (χ4n) is 1.85. The number of aromatic nitrogens is 2. The topological polar surface area (TPSA) is 92.5 Å². The Bertz CT molecular complexity index is 776. The average molecular weight is 329 g/mol. The quantitative estimate of drug-likeness (QED) is 0.893. The fourth-order valence-corrected chi connectivity index (χ4v) is 4.00. The zero-order chi connectivity index (χ0) is 15.8. The summed E-state index contributed by atoms with van der Waals surface area (Å²) in [6, 6.07) is 1.16. The third-order valence-electron chi connectivity index (χ3n) is 2.95. The van der Waals surface area contributed by atoms with Crippen LogP contribution in [0.15, 0.2) is 23.4 Å². The summed E-state index contributed by atoms with van der Waals surface area (Å²) in [4.78, 5) is 15.9. The minimum atomic E-state index is -3.74. The molecular weight excluding hydrogens is 314 g/mol. The summed E-state index contributed by atoms with van der Waals surface area (Å²) in [5.74, 6) is -1.17. The van der Waals surface area contributed by atoms with Gasteiger partial charge in [0.15, 0.2) is 0 Å². The van der Waals surface area contributed by atoms with E-state index in [2.05, 4.69) is 4.98 Å². The Kier molecular flexibility index (Phi) is 4.17. The molecule has 1 N–H and O–H groups in total. The Labute approximate surface area is 126 Å². The lowest BCUT2D eigenvalue weighted by Crippen LogP contribution is -2.25. The summed E-state index contributed by atoms with van der Waals surface area (Å²) in [7, 11) is -0.784. The molecule has 2 aromatic heterocycles. The van der Waals surface area contributed by atoms with E-state index in [1.807, 2.05) is 6.92 Å². The van der Waals surface area contributed by atoms with E-state index in [0.29, 0.717) is 0 Å². The summed E-state index contributed by atoms with van der Waals surface area (Å²) >= 11 is 1.42. The number of rotatable bonds is 5. The van der Waals surface area contributed by atoms with Crippen LogP contribution in [0.4, 0.5) is 0 Å². The van der Waals surface area contributed by atoms with E-state index in [-0.39, 0.29) is 17.1 Å². The van der Waals surface area contributed by atoms with E-state index in [4.69, 9.17) is 5.11 Å². The lowest BCUT2D eigenvalue weighted by Gasteiger charge is -2.14. The monoisotopic (exact) mass is 329 g/mol. The lowest BCUT2D eigenvalue weighted by atomic mass is 10.4. The molecule has 21 heavy (non-hydrogen) atoms. The predicted molar refractivity (Wildman–Crippen MR) is 77.9 cm³/mol. The second-order valence-corrected chi connectivity index (χ2v) is 7.95. The van der Waals surface area contributed by atoms with Gasteiger partial charge in [0.05, 0.1) is 5.01 Å². The van der Waals surface area contributed by atoms with E-state index in [1.54, 1.807) is 6.20 Å². The van der Waals surface area contributed by atoms with Crippen molar-refractivity contribution >= 4 is 27.3 Å². The summed E-state index contributed by atoms with van der Waals surface area (Å²) < 4.78 is 27.3. The summed E-state index contributed by atoms with van der Waals surface area (Å²) in [5, 5.41) is 9.85. The Morgan fingerprint density at radius 2 is 2.19 bits per heavy atom. The Morgan fingerprint density at radius 3 is 2.67 bits per heavy atom. The van der Waals surface area contributed by atoms with Crippen molar-refractivity contribution in [3.8, 4) is 0 Å².